The van der Waals surface area contributed by atoms with Gasteiger partial charge in [0.25, 0.3) is 0 Å². The summed E-state index contributed by atoms with van der Waals surface area (Å²) in [6.07, 6.45) is 13.9. The predicted molar refractivity (Wildman–Crippen MR) is 100 cm³/mol. The van der Waals surface area contributed by atoms with Crippen molar-refractivity contribution in [3.8, 4) is 0 Å². The highest BCUT2D eigenvalue weighted by molar-refractivity contribution is 5.83. The van der Waals surface area contributed by atoms with E-state index in [0.717, 1.165) is 57.8 Å². The maximum absolute atomic E-state index is 12.2. The van der Waals surface area contributed by atoms with E-state index in [1.807, 2.05) is 19.1 Å². The van der Waals surface area contributed by atoms with Crippen molar-refractivity contribution < 1.29 is 19.8 Å². The number of carbonyl (C=O) groups is 2. The Balaban J connectivity index is 2.36. The smallest absolute Gasteiger partial charge is 0.303 e. The lowest BCUT2D eigenvalue weighted by Gasteiger charge is -2.26. The average Bonchev–Trinajstić information content (AvgIpc) is 2.89. The minimum absolute atomic E-state index is 0.0853. The van der Waals surface area contributed by atoms with E-state index in [4.69, 9.17) is 5.11 Å². The number of unbranched alkanes of at least 4 members (excludes halogenated alkanes) is 3. The van der Waals surface area contributed by atoms with Gasteiger partial charge in [-0.1, -0.05) is 38.3 Å². The van der Waals surface area contributed by atoms with Crippen molar-refractivity contribution in [3.63, 3.8) is 0 Å². The van der Waals surface area contributed by atoms with E-state index in [1.165, 1.54) is 0 Å². The van der Waals surface area contributed by atoms with E-state index in [2.05, 4.69) is 6.92 Å². The number of carboxylic acids is 1. The van der Waals surface area contributed by atoms with Crippen LogP contribution in [0.2, 0.25) is 0 Å². The molecule has 1 saturated carbocycles. The summed E-state index contributed by atoms with van der Waals surface area (Å²) in [6, 6.07) is 0. The Morgan fingerprint density at radius 3 is 2.68 bits per heavy atom. The molecular weight excluding hydrogens is 316 g/mol. The molecule has 0 aromatic heterocycles. The molecule has 1 aliphatic rings. The molecule has 2 N–H and O–H groups in total. The molecule has 0 amide bonds. The van der Waals surface area contributed by atoms with Crippen molar-refractivity contribution in [2.24, 2.45) is 11.8 Å². The molecule has 3 atom stereocenters. The number of hydrogen-bond acceptors (Lipinski definition) is 3. The van der Waals surface area contributed by atoms with Gasteiger partial charge in [0.05, 0.1) is 5.60 Å². The monoisotopic (exact) mass is 352 g/mol. The molecule has 4 heteroatoms. The summed E-state index contributed by atoms with van der Waals surface area (Å²) in [5, 5.41) is 19.1. The second-order valence-electron chi connectivity index (χ2n) is 7.86. The molecule has 0 aliphatic heterocycles. The molecule has 1 aliphatic carbocycles. The molecular formula is C21H36O4. The molecule has 0 saturated heterocycles. The fraction of sp³-hybridized carbons (Fsp3) is 0.810. The molecule has 0 radical (unpaired) electrons. The van der Waals surface area contributed by atoms with E-state index in [1.54, 1.807) is 0 Å². The highest BCUT2D eigenvalue weighted by Crippen LogP contribution is 2.37. The lowest BCUT2D eigenvalue weighted by Crippen LogP contribution is -2.26. The Morgan fingerprint density at radius 2 is 2.00 bits per heavy atom. The Hall–Kier alpha value is -1.16. The van der Waals surface area contributed by atoms with Crippen molar-refractivity contribution in [1.29, 1.82) is 0 Å². The maximum Gasteiger partial charge on any atom is 0.303 e. The van der Waals surface area contributed by atoms with Crippen LogP contribution in [0.4, 0.5) is 0 Å². The summed E-state index contributed by atoms with van der Waals surface area (Å²) < 4.78 is 0. The predicted octanol–water partition coefficient (Wildman–Crippen LogP) is 4.89. The van der Waals surface area contributed by atoms with Gasteiger partial charge in [-0.15, -0.1) is 0 Å². The van der Waals surface area contributed by atoms with E-state index in [0.29, 0.717) is 24.5 Å². The van der Waals surface area contributed by atoms with Crippen LogP contribution in [0.1, 0.15) is 90.9 Å². The summed E-state index contributed by atoms with van der Waals surface area (Å²) in [5.74, 6) is 0.0622. The first-order valence-corrected chi connectivity index (χ1v) is 9.97. The number of allylic oxidation sites excluding steroid dienone is 2. The van der Waals surface area contributed by atoms with Crippen molar-refractivity contribution in [2.45, 2.75) is 96.5 Å². The van der Waals surface area contributed by atoms with Gasteiger partial charge in [0.2, 0.25) is 0 Å². The zero-order valence-corrected chi connectivity index (χ0v) is 16.0. The minimum Gasteiger partial charge on any atom is -0.481 e. The van der Waals surface area contributed by atoms with E-state index in [9.17, 15) is 14.7 Å². The number of aliphatic hydroxyl groups is 1. The van der Waals surface area contributed by atoms with Crippen molar-refractivity contribution >= 4 is 11.8 Å². The van der Waals surface area contributed by atoms with Gasteiger partial charge in [0, 0.05) is 18.8 Å². The second kappa shape index (κ2) is 11.5. The highest BCUT2D eigenvalue weighted by atomic mass is 16.4. The molecule has 0 bridgehead atoms. The van der Waals surface area contributed by atoms with Gasteiger partial charge in [0.15, 0.2) is 0 Å². The van der Waals surface area contributed by atoms with Gasteiger partial charge in [-0.25, -0.2) is 0 Å². The quantitative estimate of drug-likeness (QED) is 0.365. The topological polar surface area (TPSA) is 74.6 Å². The van der Waals surface area contributed by atoms with Crippen LogP contribution in [0.25, 0.3) is 0 Å². The van der Waals surface area contributed by atoms with Gasteiger partial charge in [0.1, 0.15) is 5.78 Å². The van der Waals surface area contributed by atoms with Gasteiger partial charge in [-0.2, -0.15) is 0 Å². The summed E-state index contributed by atoms with van der Waals surface area (Å²) in [7, 11) is 0. The number of carbonyl (C=O) groups excluding carboxylic acids is 1. The average molecular weight is 353 g/mol. The van der Waals surface area contributed by atoms with Crippen molar-refractivity contribution in [3.05, 3.63) is 12.2 Å². The SMILES string of the molecule is CCCCCC(C)(O)CC[C@H]1CCC(=O)[C@H]1CC=CCCCC(=O)O. The molecule has 0 spiro atoms. The Morgan fingerprint density at radius 1 is 1.24 bits per heavy atom. The normalized spacial score (nSPS) is 23.2. The number of rotatable bonds is 13. The largest absolute Gasteiger partial charge is 0.481 e. The molecule has 144 valence electrons. The van der Waals surface area contributed by atoms with E-state index < -0.39 is 11.6 Å². The first-order chi connectivity index (χ1) is 11.9. The molecule has 0 aromatic carbocycles. The zero-order chi connectivity index (χ0) is 18.7. The summed E-state index contributed by atoms with van der Waals surface area (Å²) >= 11 is 0. The van der Waals surface area contributed by atoms with Crippen LogP contribution in [-0.2, 0) is 9.59 Å². The summed E-state index contributed by atoms with van der Waals surface area (Å²) in [6.45, 7) is 4.09. The maximum atomic E-state index is 12.2. The molecule has 1 rings (SSSR count). The Kier molecular flexibility index (Phi) is 10.0. The molecule has 1 unspecified atom stereocenters. The minimum atomic E-state index is -0.759. The van der Waals surface area contributed by atoms with Gasteiger partial charge >= 0.3 is 5.97 Å². The highest BCUT2D eigenvalue weighted by Gasteiger charge is 2.34. The molecule has 0 aromatic rings. The van der Waals surface area contributed by atoms with Crippen LogP contribution < -0.4 is 0 Å². The number of Topliss-reactive ketones (excluding diaryl/α,β-unsaturated/α-hetero) is 1. The van der Waals surface area contributed by atoms with E-state index in [-0.39, 0.29) is 12.3 Å². The van der Waals surface area contributed by atoms with Crippen LogP contribution in [0.3, 0.4) is 0 Å². The summed E-state index contributed by atoms with van der Waals surface area (Å²) in [5.41, 5.74) is -0.613. The lowest BCUT2D eigenvalue weighted by atomic mass is 9.83. The van der Waals surface area contributed by atoms with Crippen LogP contribution in [0, 0.1) is 11.8 Å². The first kappa shape index (κ1) is 21.9. The van der Waals surface area contributed by atoms with Crippen LogP contribution >= 0.6 is 0 Å². The standard InChI is InChI=1S/C21H36O4/c1-3-4-9-15-21(2,25)16-14-17-12-13-19(22)18(17)10-7-5-6-8-11-20(23)24/h5,7,17-18,25H,3-4,6,8-16H2,1-2H3,(H,23,24)/t17-,18+,21?/m1/s1. The van der Waals surface area contributed by atoms with E-state index >= 15 is 0 Å². The zero-order valence-electron chi connectivity index (χ0n) is 16.0. The second-order valence-corrected chi connectivity index (χ2v) is 7.86. The van der Waals surface area contributed by atoms with Crippen molar-refractivity contribution in [1.82, 2.24) is 0 Å². The lowest BCUT2D eigenvalue weighted by molar-refractivity contribution is -0.137. The molecule has 1 fully saturated rings. The van der Waals surface area contributed by atoms with Crippen LogP contribution in [0.15, 0.2) is 12.2 Å². The summed E-state index contributed by atoms with van der Waals surface area (Å²) in [4.78, 5) is 22.6. The number of aliphatic carboxylic acids is 1. The Labute approximate surface area is 152 Å². The van der Waals surface area contributed by atoms with Crippen LogP contribution in [0.5, 0.6) is 0 Å². The van der Waals surface area contributed by atoms with Crippen molar-refractivity contribution in [2.75, 3.05) is 0 Å². The fourth-order valence-electron chi connectivity index (χ4n) is 3.76. The molecule has 4 nitrogen and oxygen atoms in total. The third-order valence-corrected chi connectivity index (χ3v) is 5.43. The fourth-order valence-corrected chi connectivity index (χ4v) is 3.76. The van der Waals surface area contributed by atoms with Gasteiger partial charge in [-0.3, -0.25) is 9.59 Å². The number of ketones is 1. The van der Waals surface area contributed by atoms with Gasteiger partial charge < -0.3 is 10.2 Å². The number of carboxylic acid groups (broad SMARTS) is 1. The third kappa shape index (κ3) is 9.20. The molecule has 25 heavy (non-hydrogen) atoms. The Bertz CT molecular complexity index is 439. The number of hydrogen-bond donors (Lipinski definition) is 2. The molecule has 0 heterocycles. The van der Waals surface area contributed by atoms with Gasteiger partial charge in [-0.05, 0) is 57.8 Å². The van der Waals surface area contributed by atoms with Crippen LogP contribution in [-0.4, -0.2) is 27.6 Å². The third-order valence-electron chi connectivity index (χ3n) is 5.43. The first-order valence-electron chi connectivity index (χ1n) is 9.97.